The Morgan fingerprint density at radius 2 is 1.95 bits per heavy atom. The maximum Gasteiger partial charge on any atom is 0.339 e. The average Bonchev–Trinajstić information content (AvgIpc) is 2.46. The maximum absolute atomic E-state index is 11.8. The Bertz CT molecular complexity index is 515. The molecule has 7 nitrogen and oxygen atoms in total. The first-order valence-corrected chi connectivity index (χ1v) is 5.85. The second-order valence-corrected chi connectivity index (χ2v) is 3.85. The van der Waals surface area contributed by atoms with Gasteiger partial charge < -0.3 is 14.8 Å². The number of amides is 3. The predicted molar refractivity (Wildman–Crippen MR) is 70.5 cm³/mol. The van der Waals surface area contributed by atoms with E-state index in [9.17, 15) is 14.4 Å². The Morgan fingerprint density at radius 1 is 1.25 bits per heavy atom. The van der Waals surface area contributed by atoms with E-state index in [-0.39, 0.29) is 5.56 Å². The summed E-state index contributed by atoms with van der Waals surface area (Å²) in [5.74, 6) is -0.883. The summed E-state index contributed by atoms with van der Waals surface area (Å²) in [5.41, 5.74) is 0.254. The van der Waals surface area contributed by atoms with E-state index in [0.29, 0.717) is 5.75 Å². The van der Waals surface area contributed by atoms with Crippen LogP contribution in [0.2, 0.25) is 0 Å². The quantitative estimate of drug-likeness (QED) is 0.792. The summed E-state index contributed by atoms with van der Waals surface area (Å²) in [4.78, 5) is 34.3. The monoisotopic (exact) mass is 280 g/mol. The van der Waals surface area contributed by atoms with Gasteiger partial charge in [-0.3, -0.25) is 10.1 Å². The molecular formula is C13H16N2O5. The van der Waals surface area contributed by atoms with Gasteiger partial charge in [0.2, 0.25) is 0 Å². The average molecular weight is 280 g/mol. The van der Waals surface area contributed by atoms with Crippen molar-refractivity contribution in [2.45, 2.75) is 13.0 Å². The Balaban J connectivity index is 2.65. The summed E-state index contributed by atoms with van der Waals surface area (Å²) in [6.07, 6.45) is -1.09. The third kappa shape index (κ3) is 4.27. The lowest BCUT2D eigenvalue weighted by Crippen LogP contribution is -2.43. The van der Waals surface area contributed by atoms with Gasteiger partial charge >= 0.3 is 12.0 Å². The molecule has 3 amide bonds. The third-order valence-electron chi connectivity index (χ3n) is 2.42. The summed E-state index contributed by atoms with van der Waals surface area (Å²) in [7, 11) is 2.85. The van der Waals surface area contributed by atoms with E-state index >= 15 is 0 Å². The first kappa shape index (κ1) is 15.5. The molecule has 0 aliphatic rings. The highest BCUT2D eigenvalue weighted by Crippen LogP contribution is 2.14. The van der Waals surface area contributed by atoms with Gasteiger partial charge in [0.25, 0.3) is 5.91 Å². The fourth-order valence-corrected chi connectivity index (χ4v) is 1.31. The molecule has 0 heterocycles. The van der Waals surface area contributed by atoms with Gasteiger partial charge in [-0.2, -0.15) is 0 Å². The van der Waals surface area contributed by atoms with Gasteiger partial charge in [-0.05, 0) is 25.1 Å². The van der Waals surface area contributed by atoms with Crippen LogP contribution in [0.3, 0.4) is 0 Å². The molecule has 0 saturated carbocycles. The van der Waals surface area contributed by atoms with E-state index in [2.05, 4.69) is 5.32 Å². The normalized spacial score (nSPS) is 11.2. The smallest absolute Gasteiger partial charge is 0.339 e. The van der Waals surface area contributed by atoms with Crippen LogP contribution in [0.4, 0.5) is 4.79 Å². The van der Waals surface area contributed by atoms with Crippen LogP contribution in [0.15, 0.2) is 24.3 Å². The maximum atomic E-state index is 11.8. The lowest BCUT2D eigenvalue weighted by atomic mass is 10.2. The zero-order valence-electron chi connectivity index (χ0n) is 11.4. The van der Waals surface area contributed by atoms with Gasteiger partial charge in [-0.1, -0.05) is 6.07 Å². The number of carbonyl (C=O) groups is 3. The van der Waals surface area contributed by atoms with Gasteiger partial charge in [0.15, 0.2) is 6.10 Å². The van der Waals surface area contributed by atoms with Gasteiger partial charge in [-0.15, -0.1) is 0 Å². The minimum absolute atomic E-state index is 0.254. The van der Waals surface area contributed by atoms with E-state index in [1.165, 1.54) is 33.2 Å². The molecule has 2 N–H and O–H groups in total. The predicted octanol–water partition coefficient (Wildman–Crippen LogP) is 0.696. The van der Waals surface area contributed by atoms with Gasteiger partial charge in [0.1, 0.15) is 5.75 Å². The van der Waals surface area contributed by atoms with Crippen molar-refractivity contribution in [1.29, 1.82) is 0 Å². The van der Waals surface area contributed by atoms with Crippen LogP contribution in [0.5, 0.6) is 5.75 Å². The highest BCUT2D eigenvalue weighted by molar-refractivity contribution is 5.98. The molecule has 1 atom stereocenters. The number of hydrogen-bond acceptors (Lipinski definition) is 5. The van der Waals surface area contributed by atoms with Crippen molar-refractivity contribution in [2.75, 3.05) is 14.2 Å². The van der Waals surface area contributed by atoms with Crippen LogP contribution < -0.4 is 15.4 Å². The molecule has 1 aromatic rings. The van der Waals surface area contributed by atoms with Crippen LogP contribution in [0.25, 0.3) is 0 Å². The molecule has 0 aliphatic heterocycles. The number of urea groups is 1. The Hall–Kier alpha value is -2.57. The van der Waals surface area contributed by atoms with Crippen molar-refractivity contribution in [2.24, 2.45) is 0 Å². The first-order valence-electron chi connectivity index (χ1n) is 5.85. The van der Waals surface area contributed by atoms with E-state index < -0.39 is 24.0 Å². The second kappa shape index (κ2) is 7.13. The van der Waals surface area contributed by atoms with E-state index in [1.807, 2.05) is 5.32 Å². The van der Waals surface area contributed by atoms with Crippen LogP contribution in [-0.4, -0.2) is 38.2 Å². The van der Waals surface area contributed by atoms with Crippen molar-refractivity contribution < 1.29 is 23.9 Å². The molecule has 0 unspecified atom stereocenters. The molecule has 108 valence electrons. The molecule has 0 spiro atoms. The number of hydrogen-bond donors (Lipinski definition) is 2. The molecule has 0 radical (unpaired) electrons. The van der Waals surface area contributed by atoms with Crippen molar-refractivity contribution in [3.05, 3.63) is 29.8 Å². The number of ether oxygens (including phenoxy) is 2. The number of rotatable bonds is 4. The van der Waals surface area contributed by atoms with Crippen LogP contribution in [0.1, 0.15) is 17.3 Å². The standard InChI is InChI=1S/C13H16N2O5/c1-8(11(16)15-13(18)14-2)20-12(17)9-5-4-6-10(7-9)19-3/h4-8H,1-3H3,(H2,14,15,16,18)/t8-/m1/s1. The molecular weight excluding hydrogens is 264 g/mol. The molecule has 1 rings (SSSR count). The summed E-state index contributed by atoms with van der Waals surface area (Å²) in [6.45, 7) is 1.37. The topological polar surface area (TPSA) is 93.7 Å². The zero-order chi connectivity index (χ0) is 15.1. The van der Waals surface area contributed by atoms with Crippen LogP contribution in [0, 0.1) is 0 Å². The SMILES string of the molecule is CNC(=O)NC(=O)[C@@H](C)OC(=O)c1cccc(OC)c1. The van der Waals surface area contributed by atoms with Crippen molar-refractivity contribution in [3.63, 3.8) is 0 Å². The highest BCUT2D eigenvalue weighted by atomic mass is 16.5. The third-order valence-corrected chi connectivity index (χ3v) is 2.42. The fraction of sp³-hybridized carbons (Fsp3) is 0.308. The molecule has 0 bridgehead atoms. The second-order valence-electron chi connectivity index (χ2n) is 3.85. The largest absolute Gasteiger partial charge is 0.497 e. The highest BCUT2D eigenvalue weighted by Gasteiger charge is 2.20. The Kier molecular flexibility index (Phi) is 5.52. The summed E-state index contributed by atoms with van der Waals surface area (Å²) in [6, 6.07) is 5.67. The van der Waals surface area contributed by atoms with Crippen LogP contribution >= 0.6 is 0 Å². The Labute approximate surface area is 116 Å². The fourth-order valence-electron chi connectivity index (χ4n) is 1.31. The summed E-state index contributed by atoms with van der Waals surface area (Å²) in [5, 5.41) is 4.24. The number of nitrogens with one attached hydrogen (secondary N) is 2. The molecule has 1 aromatic carbocycles. The summed E-state index contributed by atoms with van der Waals surface area (Å²) < 4.78 is 9.94. The molecule has 0 fully saturated rings. The van der Waals surface area contributed by atoms with Gasteiger partial charge in [0, 0.05) is 7.05 Å². The van der Waals surface area contributed by atoms with Crippen LogP contribution in [-0.2, 0) is 9.53 Å². The minimum Gasteiger partial charge on any atom is -0.497 e. The van der Waals surface area contributed by atoms with Crippen molar-refractivity contribution in [1.82, 2.24) is 10.6 Å². The zero-order valence-corrected chi connectivity index (χ0v) is 11.4. The first-order chi connectivity index (χ1) is 9.47. The number of esters is 1. The van der Waals surface area contributed by atoms with E-state index in [0.717, 1.165) is 0 Å². The minimum atomic E-state index is -1.09. The number of imide groups is 1. The number of carbonyl (C=O) groups excluding carboxylic acids is 3. The number of methoxy groups -OCH3 is 1. The molecule has 0 aliphatic carbocycles. The lowest BCUT2D eigenvalue weighted by molar-refractivity contribution is -0.127. The van der Waals surface area contributed by atoms with Gasteiger partial charge in [-0.25, -0.2) is 9.59 Å². The molecule has 0 aromatic heterocycles. The number of benzene rings is 1. The molecule has 7 heteroatoms. The summed E-state index contributed by atoms with van der Waals surface area (Å²) >= 11 is 0. The molecule has 20 heavy (non-hydrogen) atoms. The Morgan fingerprint density at radius 3 is 2.55 bits per heavy atom. The van der Waals surface area contributed by atoms with E-state index in [4.69, 9.17) is 9.47 Å². The van der Waals surface area contributed by atoms with E-state index in [1.54, 1.807) is 12.1 Å². The lowest BCUT2D eigenvalue weighted by Gasteiger charge is -2.13. The molecule has 0 saturated heterocycles. The van der Waals surface area contributed by atoms with Crippen molar-refractivity contribution >= 4 is 17.9 Å². The van der Waals surface area contributed by atoms with Gasteiger partial charge in [0.05, 0.1) is 12.7 Å². The van der Waals surface area contributed by atoms with Crippen molar-refractivity contribution in [3.8, 4) is 5.75 Å².